The van der Waals surface area contributed by atoms with Crippen LogP contribution in [0.2, 0.25) is 0 Å². The fraction of sp³-hybridized carbons (Fsp3) is 0.444. The summed E-state index contributed by atoms with van der Waals surface area (Å²) in [6, 6.07) is 7.32. The predicted molar refractivity (Wildman–Crippen MR) is 93.8 cm³/mol. The number of fused-ring (bicyclic) bond motifs is 1. The normalized spacial score (nSPS) is 15.3. The molecule has 2 aromatic rings. The summed E-state index contributed by atoms with van der Waals surface area (Å²) in [5.74, 6) is 1.76. The van der Waals surface area contributed by atoms with E-state index in [2.05, 4.69) is 22.7 Å². The summed E-state index contributed by atoms with van der Waals surface area (Å²) in [7, 11) is 0. The fourth-order valence-corrected chi connectivity index (χ4v) is 2.72. The van der Waals surface area contributed by atoms with E-state index >= 15 is 0 Å². The summed E-state index contributed by atoms with van der Waals surface area (Å²) in [5.41, 5.74) is 0.976. The Bertz CT molecular complexity index is 702. The van der Waals surface area contributed by atoms with Crippen molar-refractivity contribution in [2.45, 2.75) is 26.4 Å². The standard InChI is InChI=1S/C18H24N4O3/c1-13(12-22-7-3-6-20-22)11-19-18(23)21-14(2)15-4-5-16-17(10-15)25-9-8-24-16/h3-7,10,13-14H,8-9,11-12H2,1-2H3,(H2,19,21,23)/t13-,14-/m0/s1. The van der Waals surface area contributed by atoms with E-state index in [0.29, 0.717) is 19.8 Å². The number of urea groups is 1. The lowest BCUT2D eigenvalue weighted by Gasteiger charge is -2.21. The molecule has 2 N–H and O–H groups in total. The Hall–Kier alpha value is -2.70. The first-order chi connectivity index (χ1) is 12.1. The summed E-state index contributed by atoms with van der Waals surface area (Å²) in [6.07, 6.45) is 3.67. The lowest BCUT2D eigenvalue weighted by atomic mass is 10.1. The number of carbonyl (C=O) groups excluding carboxylic acids is 1. The molecule has 0 saturated heterocycles. The van der Waals surface area contributed by atoms with Crippen LogP contribution < -0.4 is 20.1 Å². The number of rotatable bonds is 6. The average Bonchev–Trinajstić information content (AvgIpc) is 3.12. The van der Waals surface area contributed by atoms with Crippen molar-refractivity contribution in [3.05, 3.63) is 42.2 Å². The number of hydrogen-bond acceptors (Lipinski definition) is 4. The summed E-state index contributed by atoms with van der Waals surface area (Å²) in [5, 5.41) is 10.0. The molecule has 0 fully saturated rings. The van der Waals surface area contributed by atoms with Gasteiger partial charge in [0.2, 0.25) is 0 Å². The second kappa shape index (κ2) is 7.92. The Morgan fingerprint density at radius 1 is 1.28 bits per heavy atom. The van der Waals surface area contributed by atoms with E-state index < -0.39 is 0 Å². The summed E-state index contributed by atoms with van der Waals surface area (Å²) >= 11 is 0. The van der Waals surface area contributed by atoms with Gasteiger partial charge >= 0.3 is 6.03 Å². The van der Waals surface area contributed by atoms with Crippen molar-refractivity contribution in [1.82, 2.24) is 20.4 Å². The zero-order chi connectivity index (χ0) is 17.6. The third-order valence-corrected chi connectivity index (χ3v) is 4.08. The summed E-state index contributed by atoms with van der Waals surface area (Å²) in [6.45, 7) is 6.49. The van der Waals surface area contributed by atoms with Gasteiger partial charge in [-0.1, -0.05) is 13.0 Å². The summed E-state index contributed by atoms with van der Waals surface area (Å²) in [4.78, 5) is 12.1. The van der Waals surface area contributed by atoms with Crippen molar-refractivity contribution >= 4 is 6.03 Å². The maximum Gasteiger partial charge on any atom is 0.315 e. The molecule has 25 heavy (non-hydrogen) atoms. The van der Waals surface area contributed by atoms with Crippen LogP contribution in [0.4, 0.5) is 4.79 Å². The first-order valence-corrected chi connectivity index (χ1v) is 8.53. The molecule has 1 aromatic carbocycles. The molecule has 0 unspecified atom stereocenters. The molecule has 7 nitrogen and oxygen atoms in total. The Morgan fingerprint density at radius 2 is 2.08 bits per heavy atom. The molecule has 1 aliphatic rings. The van der Waals surface area contributed by atoms with Crippen LogP contribution >= 0.6 is 0 Å². The van der Waals surface area contributed by atoms with Crippen LogP contribution in [0.15, 0.2) is 36.7 Å². The molecule has 0 saturated carbocycles. The SMILES string of the molecule is C[C@@H](CNC(=O)N[C@@H](C)c1ccc2c(c1)OCCO2)Cn1cccn1. The van der Waals surface area contributed by atoms with Crippen molar-refractivity contribution in [3.63, 3.8) is 0 Å². The Kier molecular flexibility index (Phi) is 5.42. The monoisotopic (exact) mass is 344 g/mol. The molecule has 134 valence electrons. The molecule has 0 radical (unpaired) electrons. The lowest BCUT2D eigenvalue weighted by Crippen LogP contribution is -2.39. The molecular weight excluding hydrogens is 320 g/mol. The first-order valence-electron chi connectivity index (χ1n) is 8.53. The molecule has 0 aliphatic carbocycles. The summed E-state index contributed by atoms with van der Waals surface area (Å²) < 4.78 is 13.0. The predicted octanol–water partition coefficient (Wildman–Crippen LogP) is 2.35. The van der Waals surface area contributed by atoms with Crippen molar-refractivity contribution in [2.24, 2.45) is 5.92 Å². The zero-order valence-corrected chi connectivity index (χ0v) is 14.6. The van der Waals surface area contributed by atoms with Crippen molar-refractivity contribution < 1.29 is 14.3 Å². The lowest BCUT2D eigenvalue weighted by molar-refractivity contribution is 0.171. The van der Waals surface area contributed by atoms with E-state index in [1.807, 2.05) is 42.1 Å². The molecule has 0 bridgehead atoms. The van der Waals surface area contributed by atoms with E-state index in [0.717, 1.165) is 23.6 Å². The van der Waals surface area contributed by atoms with Crippen LogP contribution in [0, 0.1) is 5.92 Å². The average molecular weight is 344 g/mol. The topological polar surface area (TPSA) is 77.4 Å². The van der Waals surface area contributed by atoms with Gasteiger partial charge in [-0.05, 0) is 36.6 Å². The van der Waals surface area contributed by atoms with E-state index in [9.17, 15) is 4.79 Å². The number of carbonyl (C=O) groups is 1. The van der Waals surface area contributed by atoms with Gasteiger partial charge in [0.25, 0.3) is 0 Å². The van der Waals surface area contributed by atoms with Crippen LogP contribution in [-0.4, -0.2) is 35.6 Å². The van der Waals surface area contributed by atoms with E-state index in [4.69, 9.17) is 9.47 Å². The minimum atomic E-state index is -0.185. The number of amides is 2. The Morgan fingerprint density at radius 3 is 2.84 bits per heavy atom. The third-order valence-electron chi connectivity index (χ3n) is 4.08. The second-order valence-corrected chi connectivity index (χ2v) is 6.31. The molecule has 1 aromatic heterocycles. The molecule has 0 spiro atoms. The Labute approximate surface area is 147 Å². The number of nitrogens with zero attached hydrogens (tertiary/aromatic N) is 2. The highest BCUT2D eigenvalue weighted by Crippen LogP contribution is 2.32. The van der Waals surface area contributed by atoms with Gasteiger partial charge in [0, 0.05) is 25.5 Å². The van der Waals surface area contributed by atoms with Crippen LogP contribution in [0.3, 0.4) is 0 Å². The maximum atomic E-state index is 12.1. The van der Waals surface area contributed by atoms with Gasteiger partial charge in [-0.2, -0.15) is 5.10 Å². The highest BCUT2D eigenvalue weighted by Gasteiger charge is 2.16. The molecule has 3 rings (SSSR count). The minimum absolute atomic E-state index is 0.128. The molecule has 2 amide bonds. The highest BCUT2D eigenvalue weighted by molar-refractivity contribution is 5.74. The van der Waals surface area contributed by atoms with Gasteiger partial charge in [0.15, 0.2) is 11.5 Å². The quantitative estimate of drug-likeness (QED) is 0.843. The van der Waals surface area contributed by atoms with Crippen LogP contribution in [0.25, 0.3) is 0 Å². The highest BCUT2D eigenvalue weighted by atomic mass is 16.6. The van der Waals surface area contributed by atoms with Crippen molar-refractivity contribution in [1.29, 1.82) is 0 Å². The van der Waals surface area contributed by atoms with E-state index in [1.54, 1.807) is 6.20 Å². The fourth-order valence-electron chi connectivity index (χ4n) is 2.72. The van der Waals surface area contributed by atoms with Gasteiger partial charge in [-0.15, -0.1) is 0 Å². The maximum absolute atomic E-state index is 12.1. The third kappa shape index (κ3) is 4.65. The first kappa shape index (κ1) is 17.1. The van der Waals surface area contributed by atoms with Gasteiger partial charge in [0.1, 0.15) is 13.2 Å². The number of ether oxygens (including phenoxy) is 2. The van der Waals surface area contributed by atoms with Gasteiger partial charge in [0.05, 0.1) is 6.04 Å². The number of benzene rings is 1. The molecule has 1 aliphatic heterocycles. The van der Waals surface area contributed by atoms with Gasteiger partial charge in [-0.3, -0.25) is 4.68 Å². The van der Waals surface area contributed by atoms with E-state index in [-0.39, 0.29) is 18.0 Å². The van der Waals surface area contributed by atoms with Crippen molar-refractivity contribution in [2.75, 3.05) is 19.8 Å². The number of hydrogen-bond donors (Lipinski definition) is 2. The van der Waals surface area contributed by atoms with Crippen LogP contribution in [0.1, 0.15) is 25.5 Å². The minimum Gasteiger partial charge on any atom is -0.486 e. The Balaban J connectivity index is 1.47. The van der Waals surface area contributed by atoms with Crippen molar-refractivity contribution in [3.8, 4) is 11.5 Å². The van der Waals surface area contributed by atoms with Crippen LogP contribution in [-0.2, 0) is 6.54 Å². The number of nitrogens with one attached hydrogen (secondary N) is 2. The van der Waals surface area contributed by atoms with E-state index in [1.165, 1.54) is 0 Å². The second-order valence-electron chi connectivity index (χ2n) is 6.31. The number of aromatic nitrogens is 2. The molecule has 7 heteroatoms. The zero-order valence-electron chi connectivity index (χ0n) is 14.6. The largest absolute Gasteiger partial charge is 0.486 e. The molecule has 2 atom stereocenters. The molecule has 2 heterocycles. The molecular formula is C18H24N4O3. The van der Waals surface area contributed by atoms with Gasteiger partial charge < -0.3 is 20.1 Å². The van der Waals surface area contributed by atoms with Gasteiger partial charge in [-0.25, -0.2) is 4.79 Å². The van der Waals surface area contributed by atoms with Crippen LogP contribution in [0.5, 0.6) is 11.5 Å². The smallest absolute Gasteiger partial charge is 0.315 e.